The summed E-state index contributed by atoms with van der Waals surface area (Å²) in [6.45, 7) is 5.41. The first-order valence-corrected chi connectivity index (χ1v) is 9.32. The first kappa shape index (κ1) is 17.6. The average molecular weight is 366 g/mol. The Morgan fingerprint density at radius 2 is 1.78 bits per heavy atom. The SMILES string of the molecule is Fc1ccccc1N1CCN(CCCn2nncc2-c2cccnc2)CC1. The smallest absolute Gasteiger partial charge is 0.146 e. The maximum Gasteiger partial charge on any atom is 0.146 e. The molecule has 0 radical (unpaired) electrons. The molecule has 7 heteroatoms. The molecule has 0 saturated carbocycles. The molecule has 27 heavy (non-hydrogen) atoms. The summed E-state index contributed by atoms with van der Waals surface area (Å²) in [5.41, 5.74) is 2.73. The highest BCUT2D eigenvalue weighted by molar-refractivity contribution is 5.56. The summed E-state index contributed by atoms with van der Waals surface area (Å²) >= 11 is 0. The summed E-state index contributed by atoms with van der Waals surface area (Å²) in [5, 5.41) is 8.25. The van der Waals surface area contributed by atoms with Crippen LogP contribution in [0.3, 0.4) is 0 Å². The van der Waals surface area contributed by atoms with E-state index in [4.69, 9.17) is 0 Å². The van der Waals surface area contributed by atoms with Gasteiger partial charge in [0.05, 0.1) is 17.6 Å². The molecule has 1 aliphatic heterocycles. The van der Waals surface area contributed by atoms with Crippen molar-refractivity contribution >= 4 is 5.69 Å². The van der Waals surface area contributed by atoms with Crippen LogP contribution in [0.25, 0.3) is 11.3 Å². The highest BCUT2D eigenvalue weighted by Gasteiger charge is 2.19. The van der Waals surface area contributed by atoms with Gasteiger partial charge in [0.2, 0.25) is 0 Å². The maximum atomic E-state index is 13.9. The molecule has 0 atom stereocenters. The van der Waals surface area contributed by atoms with E-state index in [0.29, 0.717) is 5.69 Å². The summed E-state index contributed by atoms with van der Waals surface area (Å²) < 4.78 is 15.9. The molecular formula is C20H23FN6. The molecule has 3 heterocycles. The van der Waals surface area contributed by atoms with Crippen LogP contribution in [0.4, 0.5) is 10.1 Å². The fourth-order valence-electron chi connectivity index (χ4n) is 3.53. The van der Waals surface area contributed by atoms with Gasteiger partial charge in [-0.15, -0.1) is 5.10 Å². The Morgan fingerprint density at radius 1 is 0.926 bits per heavy atom. The zero-order valence-corrected chi connectivity index (χ0v) is 15.2. The fraction of sp³-hybridized carbons (Fsp3) is 0.350. The van der Waals surface area contributed by atoms with Crippen LogP contribution in [0.5, 0.6) is 0 Å². The number of hydrogen-bond acceptors (Lipinski definition) is 5. The Labute approximate surface area is 158 Å². The van der Waals surface area contributed by atoms with Crippen LogP contribution in [0, 0.1) is 5.82 Å². The van der Waals surface area contributed by atoms with Crippen molar-refractivity contribution in [1.82, 2.24) is 24.9 Å². The molecule has 3 aromatic rings. The van der Waals surface area contributed by atoms with E-state index in [2.05, 4.69) is 25.1 Å². The summed E-state index contributed by atoms with van der Waals surface area (Å²) in [6.07, 6.45) is 6.37. The molecule has 1 saturated heterocycles. The number of pyridine rings is 1. The number of rotatable bonds is 6. The third-order valence-corrected chi connectivity index (χ3v) is 4.98. The summed E-state index contributed by atoms with van der Waals surface area (Å²) in [7, 11) is 0. The van der Waals surface area contributed by atoms with Crippen molar-refractivity contribution in [3.05, 3.63) is 60.8 Å². The van der Waals surface area contributed by atoms with Gasteiger partial charge in [-0.05, 0) is 30.7 Å². The summed E-state index contributed by atoms with van der Waals surface area (Å²) in [5.74, 6) is -0.139. The second-order valence-corrected chi connectivity index (χ2v) is 6.72. The lowest BCUT2D eigenvalue weighted by atomic mass is 10.2. The first-order valence-electron chi connectivity index (χ1n) is 9.32. The standard InChI is InChI=1S/C20H23FN6/c21-18-6-1-2-7-19(18)26-13-11-25(12-14-26)9-4-10-27-20(16-23-24-27)17-5-3-8-22-15-17/h1-3,5-8,15-16H,4,9-14H2. The summed E-state index contributed by atoms with van der Waals surface area (Å²) in [4.78, 5) is 8.72. The van der Waals surface area contributed by atoms with E-state index >= 15 is 0 Å². The van der Waals surface area contributed by atoms with Crippen molar-refractivity contribution in [2.45, 2.75) is 13.0 Å². The number of benzene rings is 1. The monoisotopic (exact) mass is 366 g/mol. The Bertz CT molecular complexity index is 858. The minimum atomic E-state index is -0.139. The van der Waals surface area contributed by atoms with E-state index in [1.807, 2.05) is 35.1 Å². The number of anilines is 1. The van der Waals surface area contributed by atoms with Gasteiger partial charge in [-0.25, -0.2) is 9.07 Å². The van der Waals surface area contributed by atoms with Crippen molar-refractivity contribution in [2.75, 3.05) is 37.6 Å². The van der Waals surface area contributed by atoms with Crippen LogP contribution in [0.2, 0.25) is 0 Å². The van der Waals surface area contributed by atoms with E-state index in [9.17, 15) is 4.39 Å². The molecule has 0 bridgehead atoms. The van der Waals surface area contributed by atoms with Crippen LogP contribution in [0.15, 0.2) is 55.0 Å². The Morgan fingerprint density at radius 3 is 2.56 bits per heavy atom. The lowest BCUT2D eigenvalue weighted by Gasteiger charge is -2.36. The lowest BCUT2D eigenvalue weighted by molar-refractivity contribution is 0.248. The number of aromatic nitrogens is 4. The van der Waals surface area contributed by atoms with Gasteiger partial charge in [0.1, 0.15) is 5.82 Å². The number of para-hydroxylation sites is 1. The van der Waals surface area contributed by atoms with Gasteiger partial charge in [0.25, 0.3) is 0 Å². The van der Waals surface area contributed by atoms with Gasteiger partial charge in [0, 0.05) is 57.2 Å². The minimum Gasteiger partial charge on any atom is -0.367 e. The predicted octanol–water partition coefficient (Wildman–Crippen LogP) is 2.69. The maximum absolute atomic E-state index is 13.9. The predicted molar refractivity (Wildman–Crippen MR) is 103 cm³/mol. The Hall–Kier alpha value is -2.80. The van der Waals surface area contributed by atoms with Crippen molar-refractivity contribution in [3.8, 4) is 11.3 Å². The zero-order chi connectivity index (χ0) is 18.5. The normalized spacial score (nSPS) is 15.2. The molecule has 140 valence electrons. The van der Waals surface area contributed by atoms with Crippen molar-refractivity contribution in [1.29, 1.82) is 0 Å². The molecule has 2 aromatic heterocycles. The Balaban J connectivity index is 1.27. The molecule has 0 N–H and O–H groups in total. The van der Waals surface area contributed by atoms with Gasteiger partial charge in [0.15, 0.2) is 0 Å². The molecule has 1 fully saturated rings. The van der Waals surface area contributed by atoms with E-state index in [0.717, 1.165) is 56.9 Å². The van der Waals surface area contributed by atoms with Crippen molar-refractivity contribution in [2.24, 2.45) is 0 Å². The minimum absolute atomic E-state index is 0.139. The first-order chi connectivity index (χ1) is 13.3. The highest BCUT2D eigenvalue weighted by Crippen LogP contribution is 2.20. The molecule has 4 rings (SSSR count). The molecule has 1 aliphatic rings. The fourth-order valence-corrected chi connectivity index (χ4v) is 3.53. The van der Waals surface area contributed by atoms with Crippen LogP contribution in [-0.4, -0.2) is 57.6 Å². The van der Waals surface area contributed by atoms with E-state index in [1.165, 1.54) is 6.07 Å². The van der Waals surface area contributed by atoms with Crippen LogP contribution in [-0.2, 0) is 6.54 Å². The molecule has 0 unspecified atom stereocenters. The summed E-state index contributed by atoms with van der Waals surface area (Å²) in [6, 6.07) is 10.9. The zero-order valence-electron chi connectivity index (χ0n) is 15.2. The van der Waals surface area contributed by atoms with E-state index in [-0.39, 0.29) is 5.82 Å². The molecule has 0 spiro atoms. The number of aryl methyl sites for hydroxylation is 1. The average Bonchev–Trinajstić information content (AvgIpc) is 3.18. The molecular weight excluding hydrogens is 343 g/mol. The van der Waals surface area contributed by atoms with Gasteiger partial charge < -0.3 is 4.90 Å². The van der Waals surface area contributed by atoms with E-state index in [1.54, 1.807) is 18.5 Å². The molecule has 0 amide bonds. The molecule has 1 aromatic carbocycles. The quantitative estimate of drug-likeness (QED) is 0.671. The molecule has 6 nitrogen and oxygen atoms in total. The van der Waals surface area contributed by atoms with Gasteiger partial charge in [-0.2, -0.15) is 0 Å². The van der Waals surface area contributed by atoms with Gasteiger partial charge >= 0.3 is 0 Å². The number of halogens is 1. The van der Waals surface area contributed by atoms with Crippen LogP contribution < -0.4 is 4.90 Å². The second kappa shape index (κ2) is 8.26. The largest absolute Gasteiger partial charge is 0.367 e. The molecule has 0 aliphatic carbocycles. The number of nitrogens with zero attached hydrogens (tertiary/aromatic N) is 6. The third kappa shape index (κ3) is 4.14. The second-order valence-electron chi connectivity index (χ2n) is 6.72. The number of piperazine rings is 1. The van der Waals surface area contributed by atoms with E-state index < -0.39 is 0 Å². The van der Waals surface area contributed by atoms with Crippen molar-refractivity contribution in [3.63, 3.8) is 0 Å². The van der Waals surface area contributed by atoms with Gasteiger partial charge in [-0.3, -0.25) is 9.88 Å². The number of hydrogen-bond donors (Lipinski definition) is 0. The van der Waals surface area contributed by atoms with Crippen LogP contribution >= 0.6 is 0 Å². The highest BCUT2D eigenvalue weighted by atomic mass is 19.1. The van der Waals surface area contributed by atoms with Crippen molar-refractivity contribution < 1.29 is 4.39 Å². The third-order valence-electron chi connectivity index (χ3n) is 4.98. The van der Waals surface area contributed by atoms with Crippen LogP contribution in [0.1, 0.15) is 6.42 Å². The lowest BCUT2D eigenvalue weighted by Crippen LogP contribution is -2.47. The Kier molecular flexibility index (Phi) is 5.39. The van der Waals surface area contributed by atoms with Gasteiger partial charge in [-0.1, -0.05) is 17.3 Å². The topological polar surface area (TPSA) is 50.1 Å².